The molecule has 0 bridgehead atoms. The second-order valence-corrected chi connectivity index (χ2v) is 6.87. The van der Waals surface area contributed by atoms with E-state index in [0.29, 0.717) is 26.3 Å². The molecule has 2 N–H and O–H groups in total. The van der Waals surface area contributed by atoms with E-state index in [4.69, 9.17) is 4.74 Å². The van der Waals surface area contributed by atoms with E-state index in [0.717, 1.165) is 18.3 Å². The van der Waals surface area contributed by atoms with Crippen LogP contribution < -0.4 is 15.6 Å². The Balaban J connectivity index is 1.52. The van der Waals surface area contributed by atoms with Crippen LogP contribution in [0, 0.1) is 5.82 Å². The lowest BCUT2D eigenvalue weighted by Crippen LogP contribution is -2.38. The normalized spacial score (nSPS) is 14.6. The summed E-state index contributed by atoms with van der Waals surface area (Å²) >= 11 is 0. The number of anilines is 3. The van der Waals surface area contributed by atoms with Gasteiger partial charge in [-0.15, -0.1) is 0 Å². The third-order valence-electron chi connectivity index (χ3n) is 4.48. The maximum absolute atomic E-state index is 14.1. The third kappa shape index (κ3) is 6.49. The van der Waals surface area contributed by atoms with Crippen molar-refractivity contribution in [1.82, 2.24) is 15.0 Å². The topological polar surface area (TPSA) is 82.6 Å². The zero-order valence-electron chi connectivity index (χ0n) is 16.7. The molecule has 168 valence electrons. The van der Waals surface area contributed by atoms with Crippen molar-refractivity contribution >= 4 is 23.4 Å². The van der Waals surface area contributed by atoms with Crippen molar-refractivity contribution in [3.63, 3.8) is 0 Å². The molecule has 8 nitrogen and oxygen atoms in total. The number of nitrogens with zero attached hydrogens (tertiary/aromatic N) is 4. The summed E-state index contributed by atoms with van der Waals surface area (Å²) in [5, 5.41) is 3.97. The van der Waals surface area contributed by atoms with Crippen LogP contribution >= 0.6 is 0 Å². The standard InChI is InChI=1S/C19H22F4N6O2/c1-28(6-5-16(30)25-14-4-2-3-13(11-14)19(21,22)23)27-18-24-12-15(20)17(26-18)29-7-9-31-10-8-29/h2-4,11-12H,5-10H2,1H3,(H,25,30)(H,24,26,27). The van der Waals surface area contributed by atoms with Gasteiger partial charge in [0.25, 0.3) is 0 Å². The van der Waals surface area contributed by atoms with Gasteiger partial charge >= 0.3 is 6.18 Å². The number of alkyl halides is 3. The first-order valence-corrected chi connectivity index (χ1v) is 9.52. The molecule has 2 aromatic rings. The number of hydrogen-bond acceptors (Lipinski definition) is 7. The van der Waals surface area contributed by atoms with Crippen molar-refractivity contribution in [2.75, 3.05) is 55.5 Å². The van der Waals surface area contributed by atoms with Crippen LogP contribution in [0.25, 0.3) is 0 Å². The van der Waals surface area contributed by atoms with Crippen LogP contribution in [0.1, 0.15) is 12.0 Å². The van der Waals surface area contributed by atoms with E-state index < -0.39 is 23.5 Å². The van der Waals surface area contributed by atoms with Crippen molar-refractivity contribution in [1.29, 1.82) is 0 Å². The summed E-state index contributed by atoms with van der Waals surface area (Å²) < 4.78 is 57.6. The number of hydrogen-bond donors (Lipinski definition) is 2. The Morgan fingerprint density at radius 3 is 2.74 bits per heavy atom. The fourth-order valence-electron chi connectivity index (χ4n) is 2.90. The highest BCUT2D eigenvalue weighted by Gasteiger charge is 2.30. The minimum absolute atomic E-state index is 0.00272. The fourth-order valence-corrected chi connectivity index (χ4v) is 2.90. The zero-order valence-corrected chi connectivity index (χ0v) is 16.7. The van der Waals surface area contributed by atoms with Crippen molar-refractivity contribution in [3.05, 3.63) is 41.8 Å². The van der Waals surface area contributed by atoms with Gasteiger partial charge in [-0.2, -0.15) is 18.2 Å². The summed E-state index contributed by atoms with van der Waals surface area (Å²) in [6.45, 7) is 2.19. The molecule has 31 heavy (non-hydrogen) atoms. The number of ether oxygens (including phenoxy) is 1. The Hall–Kier alpha value is -2.99. The van der Waals surface area contributed by atoms with E-state index in [-0.39, 0.29) is 30.4 Å². The number of morpholine rings is 1. The van der Waals surface area contributed by atoms with E-state index >= 15 is 0 Å². The number of hydrazine groups is 1. The van der Waals surface area contributed by atoms with Gasteiger partial charge < -0.3 is 15.0 Å². The molecule has 0 spiro atoms. The molecule has 1 amide bonds. The van der Waals surface area contributed by atoms with Crippen LogP contribution in [0.5, 0.6) is 0 Å². The second-order valence-electron chi connectivity index (χ2n) is 6.87. The molecular weight excluding hydrogens is 420 g/mol. The monoisotopic (exact) mass is 442 g/mol. The summed E-state index contributed by atoms with van der Waals surface area (Å²) in [6.07, 6.45) is -3.42. The maximum atomic E-state index is 14.1. The van der Waals surface area contributed by atoms with Gasteiger partial charge in [0.05, 0.1) is 25.0 Å². The first-order valence-electron chi connectivity index (χ1n) is 9.52. The van der Waals surface area contributed by atoms with Crippen LogP contribution in [-0.4, -0.2) is 60.8 Å². The summed E-state index contributed by atoms with van der Waals surface area (Å²) in [4.78, 5) is 21.9. The molecule has 2 heterocycles. The largest absolute Gasteiger partial charge is 0.416 e. The number of amides is 1. The molecule has 1 aromatic carbocycles. The predicted octanol–water partition coefficient (Wildman–Crippen LogP) is 2.76. The van der Waals surface area contributed by atoms with Crippen molar-refractivity contribution in [2.45, 2.75) is 12.6 Å². The van der Waals surface area contributed by atoms with Crippen LogP contribution in [0.3, 0.4) is 0 Å². The zero-order chi connectivity index (χ0) is 22.4. The minimum Gasteiger partial charge on any atom is -0.378 e. The van der Waals surface area contributed by atoms with E-state index in [2.05, 4.69) is 20.7 Å². The summed E-state index contributed by atoms with van der Waals surface area (Å²) in [7, 11) is 1.64. The van der Waals surface area contributed by atoms with Crippen LogP contribution in [-0.2, 0) is 15.7 Å². The molecule has 3 rings (SSSR count). The van der Waals surface area contributed by atoms with Gasteiger partial charge in [0.15, 0.2) is 11.6 Å². The molecule has 0 radical (unpaired) electrons. The lowest BCUT2D eigenvalue weighted by atomic mass is 10.2. The Morgan fingerprint density at radius 2 is 2.03 bits per heavy atom. The van der Waals surface area contributed by atoms with Crippen molar-refractivity contribution < 1.29 is 27.1 Å². The number of benzene rings is 1. The number of aromatic nitrogens is 2. The maximum Gasteiger partial charge on any atom is 0.416 e. The number of carbonyl (C=O) groups excluding carboxylic acids is 1. The molecule has 1 aliphatic rings. The predicted molar refractivity (Wildman–Crippen MR) is 106 cm³/mol. The highest BCUT2D eigenvalue weighted by atomic mass is 19.4. The Morgan fingerprint density at radius 1 is 1.29 bits per heavy atom. The first kappa shape index (κ1) is 22.7. The average molecular weight is 442 g/mol. The lowest BCUT2D eigenvalue weighted by molar-refractivity contribution is -0.137. The van der Waals surface area contributed by atoms with Crippen LogP contribution in [0.2, 0.25) is 0 Å². The quantitative estimate of drug-likeness (QED) is 0.504. The highest BCUT2D eigenvalue weighted by molar-refractivity contribution is 5.90. The van der Waals surface area contributed by atoms with Gasteiger partial charge in [-0.3, -0.25) is 10.2 Å². The SMILES string of the molecule is CN(CCC(=O)Nc1cccc(C(F)(F)F)c1)Nc1ncc(F)c(N2CCOCC2)n1. The molecule has 1 aromatic heterocycles. The fraction of sp³-hybridized carbons (Fsp3) is 0.421. The summed E-state index contributed by atoms with van der Waals surface area (Å²) in [5.41, 5.74) is 2.08. The van der Waals surface area contributed by atoms with Gasteiger partial charge in [0.2, 0.25) is 11.9 Å². The van der Waals surface area contributed by atoms with E-state index in [9.17, 15) is 22.4 Å². The number of rotatable bonds is 7. The van der Waals surface area contributed by atoms with Crippen LogP contribution in [0.4, 0.5) is 35.0 Å². The summed E-state index contributed by atoms with van der Waals surface area (Å²) in [5.74, 6) is -0.683. The molecule has 1 fully saturated rings. The number of nitrogens with one attached hydrogen (secondary N) is 2. The molecule has 1 saturated heterocycles. The Kier molecular flexibility index (Phi) is 7.23. The number of carbonyl (C=O) groups is 1. The Bertz CT molecular complexity index is 905. The second kappa shape index (κ2) is 9.88. The average Bonchev–Trinajstić information content (AvgIpc) is 2.74. The van der Waals surface area contributed by atoms with Gasteiger partial charge in [0, 0.05) is 38.8 Å². The van der Waals surface area contributed by atoms with Gasteiger partial charge in [0.1, 0.15) is 0 Å². The molecular formula is C19H22F4N6O2. The molecule has 0 aliphatic carbocycles. The van der Waals surface area contributed by atoms with Crippen molar-refractivity contribution in [3.8, 4) is 0 Å². The van der Waals surface area contributed by atoms with E-state index in [1.54, 1.807) is 11.9 Å². The third-order valence-corrected chi connectivity index (χ3v) is 4.48. The van der Waals surface area contributed by atoms with Gasteiger partial charge in [-0.05, 0) is 18.2 Å². The Labute approximate surface area is 176 Å². The van der Waals surface area contributed by atoms with Crippen LogP contribution in [0.15, 0.2) is 30.5 Å². The molecule has 0 unspecified atom stereocenters. The van der Waals surface area contributed by atoms with Gasteiger partial charge in [-0.25, -0.2) is 14.4 Å². The molecule has 12 heteroatoms. The first-order chi connectivity index (χ1) is 14.7. The minimum atomic E-state index is -4.49. The number of halogens is 4. The van der Waals surface area contributed by atoms with Gasteiger partial charge in [-0.1, -0.05) is 6.07 Å². The lowest BCUT2D eigenvalue weighted by Gasteiger charge is -2.28. The van der Waals surface area contributed by atoms with Crippen molar-refractivity contribution in [2.24, 2.45) is 0 Å². The molecule has 0 saturated carbocycles. The van der Waals surface area contributed by atoms with E-state index in [1.165, 1.54) is 17.1 Å². The molecule has 0 atom stereocenters. The molecule has 1 aliphatic heterocycles. The highest BCUT2D eigenvalue weighted by Crippen LogP contribution is 2.30. The van der Waals surface area contributed by atoms with E-state index in [1.807, 2.05) is 0 Å². The smallest absolute Gasteiger partial charge is 0.378 e. The summed E-state index contributed by atoms with van der Waals surface area (Å²) in [6, 6.07) is 4.42.